The molecule has 2 heterocycles. The van der Waals surface area contributed by atoms with Gasteiger partial charge in [0, 0.05) is 12.2 Å². The molecule has 1 aliphatic carbocycles. The van der Waals surface area contributed by atoms with E-state index in [1.807, 2.05) is 0 Å². The molecule has 0 spiro atoms. The fraction of sp³-hybridized carbons (Fsp3) is 0.417. The third-order valence-electron chi connectivity index (χ3n) is 3.52. The molecule has 1 saturated carbocycles. The van der Waals surface area contributed by atoms with Gasteiger partial charge in [-0.05, 0) is 24.5 Å². The molecule has 2 aromatic rings. The fourth-order valence-electron chi connectivity index (χ4n) is 2.36. The predicted molar refractivity (Wildman–Crippen MR) is 72.1 cm³/mol. The molecule has 2 atom stereocenters. The van der Waals surface area contributed by atoms with Crippen LogP contribution in [0, 0.1) is 5.92 Å². The molecule has 6 nitrogen and oxygen atoms in total. The number of hydrogen-bond acceptors (Lipinski definition) is 4. The zero-order valence-corrected chi connectivity index (χ0v) is 11.4. The molecule has 2 aromatic heterocycles. The number of pyridine rings is 1. The number of nitrogens with two attached hydrogens (primary N) is 1. The van der Waals surface area contributed by atoms with E-state index in [9.17, 15) is 8.42 Å². The van der Waals surface area contributed by atoms with Crippen LogP contribution in [0.2, 0.25) is 0 Å². The van der Waals surface area contributed by atoms with Crippen molar-refractivity contribution in [2.75, 3.05) is 5.73 Å². The molecule has 1 fully saturated rings. The van der Waals surface area contributed by atoms with Crippen molar-refractivity contribution in [3.05, 3.63) is 24.4 Å². The zero-order valence-electron chi connectivity index (χ0n) is 10.6. The minimum absolute atomic E-state index is 0.0312. The highest BCUT2D eigenvalue weighted by Gasteiger charge is 2.40. The van der Waals surface area contributed by atoms with E-state index in [0.717, 1.165) is 12.8 Å². The maximum absolute atomic E-state index is 12.4. The van der Waals surface area contributed by atoms with Crippen LogP contribution in [0.3, 0.4) is 0 Å². The van der Waals surface area contributed by atoms with Crippen molar-refractivity contribution < 1.29 is 8.42 Å². The second-order valence-corrected chi connectivity index (χ2v) is 6.49. The number of nitrogen functional groups attached to an aromatic ring is 1. The number of anilines is 1. The van der Waals surface area contributed by atoms with Crippen molar-refractivity contribution in [3.8, 4) is 0 Å². The van der Waals surface area contributed by atoms with Gasteiger partial charge in [-0.25, -0.2) is 18.1 Å². The minimum Gasteiger partial charge on any atom is -0.381 e. The molecule has 0 aliphatic heterocycles. The molecular formula is C12H16N4O2S. The van der Waals surface area contributed by atoms with Gasteiger partial charge in [-0.15, -0.1) is 0 Å². The molecule has 0 amide bonds. The highest BCUT2D eigenvalue weighted by Crippen LogP contribution is 2.34. The van der Waals surface area contributed by atoms with Gasteiger partial charge in [0.05, 0.1) is 0 Å². The van der Waals surface area contributed by atoms with E-state index in [1.54, 1.807) is 24.4 Å². The molecule has 3 N–H and O–H groups in total. The van der Waals surface area contributed by atoms with Crippen molar-refractivity contribution in [1.82, 2.24) is 14.1 Å². The summed E-state index contributed by atoms with van der Waals surface area (Å²) in [5.41, 5.74) is 6.28. The average Bonchev–Trinajstić information content (AvgIpc) is 2.99. The Morgan fingerprint density at radius 3 is 3.00 bits per heavy atom. The van der Waals surface area contributed by atoms with Crippen molar-refractivity contribution in [2.24, 2.45) is 5.92 Å². The highest BCUT2D eigenvalue weighted by atomic mass is 32.2. The fourth-order valence-corrected chi connectivity index (χ4v) is 3.89. The molecule has 1 aliphatic rings. The van der Waals surface area contributed by atoms with Crippen LogP contribution >= 0.6 is 0 Å². The Morgan fingerprint density at radius 2 is 2.32 bits per heavy atom. The lowest BCUT2D eigenvalue weighted by atomic mass is 10.3. The van der Waals surface area contributed by atoms with E-state index in [0.29, 0.717) is 11.6 Å². The lowest BCUT2D eigenvalue weighted by molar-refractivity contribution is 0.571. The maximum atomic E-state index is 12.4. The SMILES string of the molecule is CCC1CC1NS(=O)(=O)c1c(N)nc2ccccn12. The van der Waals surface area contributed by atoms with Gasteiger partial charge >= 0.3 is 0 Å². The summed E-state index contributed by atoms with van der Waals surface area (Å²) in [4.78, 5) is 4.07. The second kappa shape index (κ2) is 4.21. The van der Waals surface area contributed by atoms with Crippen molar-refractivity contribution in [3.63, 3.8) is 0 Å². The summed E-state index contributed by atoms with van der Waals surface area (Å²) in [5.74, 6) is 0.475. The number of rotatable bonds is 4. The highest BCUT2D eigenvalue weighted by molar-refractivity contribution is 7.89. The van der Waals surface area contributed by atoms with Crippen LogP contribution in [0.1, 0.15) is 19.8 Å². The molecule has 7 heteroatoms. The molecule has 0 bridgehead atoms. The van der Waals surface area contributed by atoms with Crippen LogP contribution in [-0.2, 0) is 10.0 Å². The largest absolute Gasteiger partial charge is 0.381 e. The number of sulfonamides is 1. The van der Waals surface area contributed by atoms with Crippen LogP contribution in [0.15, 0.2) is 29.4 Å². The van der Waals surface area contributed by atoms with E-state index in [2.05, 4.69) is 16.6 Å². The summed E-state index contributed by atoms with van der Waals surface area (Å²) in [6, 6.07) is 5.30. The van der Waals surface area contributed by atoms with Gasteiger partial charge in [0.1, 0.15) is 5.65 Å². The summed E-state index contributed by atoms with van der Waals surface area (Å²) in [6.45, 7) is 2.06. The van der Waals surface area contributed by atoms with Crippen LogP contribution in [0.5, 0.6) is 0 Å². The Morgan fingerprint density at radius 1 is 1.53 bits per heavy atom. The van der Waals surface area contributed by atoms with Crippen LogP contribution in [0.25, 0.3) is 5.65 Å². The van der Waals surface area contributed by atoms with E-state index < -0.39 is 10.0 Å². The molecule has 0 saturated heterocycles. The topological polar surface area (TPSA) is 89.5 Å². The Balaban J connectivity index is 2.01. The molecule has 0 radical (unpaired) electrons. The van der Waals surface area contributed by atoms with Gasteiger partial charge in [0.2, 0.25) is 0 Å². The monoisotopic (exact) mass is 280 g/mol. The second-order valence-electron chi connectivity index (χ2n) is 4.86. The van der Waals surface area contributed by atoms with E-state index >= 15 is 0 Å². The van der Waals surface area contributed by atoms with Gasteiger partial charge in [-0.2, -0.15) is 0 Å². The third-order valence-corrected chi connectivity index (χ3v) is 5.05. The Kier molecular flexibility index (Phi) is 2.75. The zero-order chi connectivity index (χ0) is 13.6. The lowest BCUT2D eigenvalue weighted by Gasteiger charge is -2.06. The van der Waals surface area contributed by atoms with Crippen LogP contribution in [-0.4, -0.2) is 23.8 Å². The van der Waals surface area contributed by atoms with Gasteiger partial charge in [0.15, 0.2) is 10.8 Å². The normalized spacial score (nSPS) is 22.8. The summed E-state index contributed by atoms with van der Waals surface area (Å²) in [5, 5.41) is 0.0323. The smallest absolute Gasteiger partial charge is 0.260 e. The number of hydrogen-bond donors (Lipinski definition) is 2. The van der Waals surface area contributed by atoms with Crippen molar-refractivity contribution >= 4 is 21.5 Å². The Labute approximate surface area is 111 Å². The lowest BCUT2D eigenvalue weighted by Crippen LogP contribution is -2.28. The summed E-state index contributed by atoms with van der Waals surface area (Å²) >= 11 is 0. The number of aromatic nitrogens is 2. The number of fused-ring (bicyclic) bond motifs is 1. The molecule has 102 valence electrons. The summed E-state index contributed by atoms with van der Waals surface area (Å²) < 4.78 is 29.0. The molecule has 19 heavy (non-hydrogen) atoms. The molecule has 0 aromatic carbocycles. The van der Waals surface area contributed by atoms with E-state index in [4.69, 9.17) is 5.73 Å². The minimum atomic E-state index is -3.63. The van der Waals surface area contributed by atoms with E-state index in [1.165, 1.54) is 4.40 Å². The molecular weight excluding hydrogens is 264 g/mol. The van der Waals surface area contributed by atoms with Gasteiger partial charge in [-0.3, -0.25) is 4.40 Å². The quantitative estimate of drug-likeness (QED) is 0.874. The Bertz CT molecular complexity index is 722. The average molecular weight is 280 g/mol. The van der Waals surface area contributed by atoms with Gasteiger partial charge in [0.25, 0.3) is 10.0 Å². The number of nitrogens with one attached hydrogen (secondary N) is 1. The first kappa shape index (κ1) is 12.4. The number of imidazole rings is 1. The predicted octanol–water partition coefficient (Wildman–Crippen LogP) is 0.993. The Hall–Kier alpha value is -1.60. The first-order valence-corrected chi connectivity index (χ1v) is 7.76. The van der Waals surface area contributed by atoms with E-state index in [-0.39, 0.29) is 16.9 Å². The van der Waals surface area contributed by atoms with Crippen molar-refractivity contribution in [2.45, 2.75) is 30.8 Å². The first-order valence-electron chi connectivity index (χ1n) is 6.28. The summed E-state index contributed by atoms with van der Waals surface area (Å²) in [6.07, 6.45) is 3.53. The third kappa shape index (κ3) is 2.08. The molecule has 2 unspecified atom stereocenters. The first-order chi connectivity index (χ1) is 9.03. The maximum Gasteiger partial charge on any atom is 0.260 e. The van der Waals surface area contributed by atoms with Gasteiger partial charge < -0.3 is 5.73 Å². The summed E-state index contributed by atoms with van der Waals surface area (Å²) in [7, 11) is -3.63. The van der Waals surface area contributed by atoms with Crippen LogP contribution < -0.4 is 10.5 Å². The van der Waals surface area contributed by atoms with Crippen LogP contribution in [0.4, 0.5) is 5.82 Å². The molecule has 3 rings (SSSR count). The van der Waals surface area contributed by atoms with Gasteiger partial charge in [-0.1, -0.05) is 19.4 Å². The standard InChI is InChI=1S/C12H16N4O2S/c1-2-8-7-9(8)15-19(17,18)12-11(13)14-10-5-3-4-6-16(10)12/h3-6,8-9,15H,2,7,13H2,1H3. The number of nitrogens with zero attached hydrogens (tertiary/aromatic N) is 2. The van der Waals surface area contributed by atoms with Crippen molar-refractivity contribution in [1.29, 1.82) is 0 Å².